The lowest BCUT2D eigenvalue weighted by Gasteiger charge is -2.24. The lowest BCUT2D eigenvalue weighted by molar-refractivity contribution is -0.138. The van der Waals surface area contributed by atoms with Crippen LogP contribution in [-0.2, 0) is 9.59 Å². The topological polar surface area (TPSA) is 49.4 Å². The van der Waals surface area contributed by atoms with E-state index < -0.39 is 0 Å². The Hall–Kier alpha value is -1.06. The fourth-order valence-electron chi connectivity index (χ4n) is 3.16. The summed E-state index contributed by atoms with van der Waals surface area (Å²) in [6.45, 7) is 5.10. The highest BCUT2D eigenvalue weighted by molar-refractivity contribution is 5.88. The summed E-state index contributed by atoms with van der Waals surface area (Å²) in [5.41, 5.74) is 0. The quantitative estimate of drug-likeness (QED) is 0.700. The van der Waals surface area contributed by atoms with Gasteiger partial charge in [0.05, 0.1) is 0 Å². The zero-order chi connectivity index (χ0) is 15.2. The fourth-order valence-corrected chi connectivity index (χ4v) is 3.16. The van der Waals surface area contributed by atoms with Crippen LogP contribution in [0.3, 0.4) is 0 Å². The summed E-state index contributed by atoms with van der Waals surface area (Å²) < 4.78 is 0. The van der Waals surface area contributed by atoms with Crippen LogP contribution in [0.2, 0.25) is 0 Å². The highest BCUT2D eigenvalue weighted by Gasteiger charge is 2.39. The number of hydrogen-bond donors (Lipinski definition) is 1. The number of unbranched alkanes of at least 4 members (excludes halogenated alkanes) is 4. The molecule has 2 amide bonds. The van der Waals surface area contributed by atoms with E-state index >= 15 is 0 Å². The first-order valence-electron chi connectivity index (χ1n) is 8.73. The minimum atomic E-state index is -0.207. The molecule has 4 heteroatoms. The summed E-state index contributed by atoms with van der Waals surface area (Å²) in [4.78, 5) is 26.4. The number of likely N-dealkylation sites (tertiary alicyclic amines) is 1. The number of hydrogen-bond acceptors (Lipinski definition) is 2. The van der Waals surface area contributed by atoms with Crippen LogP contribution in [0.25, 0.3) is 0 Å². The molecule has 0 aromatic rings. The van der Waals surface area contributed by atoms with Crippen molar-refractivity contribution < 1.29 is 9.59 Å². The summed E-state index contributed by atoms with van der Waals surface area (Å²) in [6.07, 6.45) is 9.26. The largest absolute Gasteiger partial charge is 0.351 e. The van der Waals surface area contributed by atoms with Crippen molar-refractivity contribution in [2.75, 3.05) is 6.54 Å². The molecule has 120 valence electrons. The second-order valence-electron chi connectivity index (χ2n) is 6.74. The molecular formula is C17H30N2O2. The molecule has 21 heavy (non-hydrogen) atoms. The molecule has 1 aliphatic carbocycles. The molecular weight excluding hydrogens is 264 g/mol. The number of nitrogens with zero attached hydrogens (tertiary/aromatic N) is 1. The maximum Gasteiger partial charge on any atom is 0.243 e. The number of carbonyl (C=O) groups is 2. The predicted octanol–water partition coefficient (Wildman–Crippen LogP) is 2.86. The Labute approximate surface area is 128 Å². The van der Waals surface area contributed by atoms with E-state index in [1.165, 1.54) is 19.3 Å². The molecule has 3 atom stereocenters. The van der Waals surface area contributed by atoms with Gasteiger partial charge in [0, 0.05) is 19.0 Å². The molecule has 1 saturated carbocycles. The van der Waals surface area contributed by atoms with Crippen LogP contribution >= 0.6 is 0 Å². The molecule has 0 radical (unpaired) electrons. The van der Waals surface area contributed by atoms with Crippen LogP contribution in [-0.4, -0.2) is 35.3 Å². The average molecular weight is 294 g/mol. The molecule has 4 nitrogen and oxygen atoms in total. The molecule has 0 spiro atoms. The van der Waals surface area contributed by atoms with Crippen molar-refractivity contribution in [1.29, 1.82) is 0 Å². The number of amides is 2. The monoisotopic (exact) mass is 294 g/mol. The Bertz CT molecular complexity index is 370. The van der Waals surface area contributed by atoms with Crippen molar-refractivity contribution in [3.05, 3.63) is 0 Å². The van der Waals surface area contributed by atoms with Gasteiger partial charge < -0.3 is 10.2 Å². The van der Waals surface area contributed by atoms with Crippen molar-refractivity contribution in [3.8, 4) is 0 Å². The van der Waals surface area contributed by atoms with E-state index in [1.807, 2.05) is 4.90 Å². The zero-order valence-electron chi connectivity index (χ0n) is 13.6. The number of rotatable bonds is 8. The van der Waals surface area contributed by atoms with Crippen LogP contribution < -0.4 is 5.32 Å². The first-order valence-corrected chi connectivity index (χ1v) is 8.73. The van der Waals surface area contributed by atoms with E-state index in [0.29, 0.717) is 18.4 Å². The SMILES string of the molecule is CCCCCCCC(=O)N1CCCC1C(=O)NC1C[C@H]1C. The standard InChI is InChI=1S/C17H30N2O2/c1-3-4-5-6-7-10-16(20)19-11-8-9-15(19)17(21)18-14-12-13(14)2/h13-15H,3-12H2,1-2H3,(H,18,21)/t13-,14?,15?/m1/s1. The van der Waals surface area contributed by atoms with Crippen molar-refractivity contribution >= 4 is 11.8 Å². The first kappa shape index (κ1) is 16.3. The minimum absolute atomic E-state index is 0.0705. The Morgan fingerprint density at radius 2 is 1.90 bits per heavy atom. The predicted molar refractivity (Wildman–Crippen MR) is 83.8 cm³/mol. The summed E-state index contributed by atoms with van der Waals surface area (Å²) in [5.74, 6) is 0.854. The highest BCUT2D eigenvalue weighted by atomic mass is 16.2. The van der Waals surface area contributed by atoms with Gasteiger partial charge in [-0.15, -0.1) is 0 Å². The molecule has 0 aromatic carbocycles. The van der Waals surface area contributed by atoms with Gasteiger partial charge in [-0.2, -0.15) is 0 Å². The van der Waals surface area contributed by atoms with E-state index in [-0.39, 0.29) is 17.9 Å². The third-order valence-corrected chi connectivity index (χ3v) is 4.81. The Morgan fingerprint density at radius 3 is 2.57 bits per heavy atom. The lowest BCUT2D eigenvalue weighted by atomic mass is 10.1. The van der Waals surface area contributed by atoms with Crippen molar-refractivity contribution in [2.45, 2.75) is 83.7 Å². The van der Waals surface area contributed by atoms with E-state index in [9.17, 15) is 9.59 Å². The molecule has 1 N–H and O–H groups in total. The van der Waals surface area contributed by atoms with E-state index in [4.69, 9.17) is 0 Å². The summed E-state index contributed by atoms with van der Waals surface area (Å²) in [6, 6.07) is 0.144. The smallest absolute Gasteiger partial charge is 0.243 e. The van der Waals surface area contributed by atoms with Gasteiger partial charge in [-0.05, 0) is 31.6 Å². The zero-order valence-corrected chi connectivity index (χ0v) is 13.6. The molecule has 2 rings (SSSR count). The van der Waals surface area contributed by atoms with Crippen LogP contribution in [0.1, 0.15) is 71.6 Å². The van der Waals surface area contributed by atoms with Crippen LogP contribution in [0.4, 0.5) is 0 Å². The molecule has 2 fully saturated rings. The van der Waals surface area contributed by atoms with E-state index in [2.05, 4.69) is 19.2 Å². The minimum Gasteiger partial charge on any atom is -0.351 e. The molecule has 2 unspecified atom stereocenters. The molecule has 2 aliphatic rings. The van der Waals surface area contributed by atoms with E-state index in [1.54, 1.807) is 0 Å². The maximum absolute atomic E-state index is 12.3. The normalized spacial score (nSPS) is 27.7. The maximum atomic E-state index is 12.3. The van der Waals surface area contributed by atoms with Gasteiger partial charge in [0.2, 0.25) is 11.8 Å². The lowest BCUT2D eigenvalue weighted by Crippen LogP contribution is -2.46. The molecule has 1 heterocycles. The Balaban J connectivity index is 1.72. The van der Waals surface area contributed by atoms with Gasteiger partial charge in [0.15, 0.2) is 0 Å². The van der Waals surface area contributed by atoms with Crippen LogP contribution in [0.5, 0.6) is 0 Å². The highest BCUT2D eigenvalue weighted by Crippen LogP contribution is 2.30. The van der Waals surface area contributed by atoms with Gasteiger partial charge >= 0.3 is 0 Å². The number of nitrogens with one attached hydrogen (secondary N) is 1. The second-order valence-corrected chi connectivity index (χ2v) is 6.74. The van der Waals surface area contributed by atoms with Crippen LogP contribution in [0, 0.1) is 5.92 Å². The fraction of sp³-hybridized carbons (Fsp3) is 0.882. The third-order valence-electron chi connectivity index (χ3n) is 4.81. The first-order chi connectivity index (χ1) is 10.1. The van der Waals surface area contributed by atoms with E-state index in [0.717, 1.165) is 38.6 Å². The van der Waals surface area contributed by atoms with Gasteiger partial charge in [-0.25, -0.2) is 0 Å². The van der Waals surface area contributed by atoms with Crippen molar-refractivity contribution in [1.82, 2.24) is 10.2 Å². The summed E-state index contributed by atoms with van der Waals surface area (Å²) in [5, 5.41) is 3.08. The molecule has 1 aliphatic heterocycles. The van der Waals surface area contributed by atoms with Crippen LogP contribution in [0.15, 0.2) is 0 Å². The average Bonchev–Trinajstić information content (AvgIpc) is 2.95. The van der Waals surface area contributed by atoms with Gasteiger partial charge in [-0.3, -0.25) is 9.59 Å². The Kier molecular flexibility index (Phi) is 6.07. The number of carbonyl (C=O) groups excluding carboxylic acids is 2. The summed E-state index contributed by atoms with van der Waals surface area (Å²) in [7, 11) is 0. The van der Waals surface area contributed by atoms with Crippen molar-refractivity contribution in [2.24, 2.45) is 5.92 Å². The van der Waals surface area contributed by atoms with Gasteiger partial charge in [-0.1, -0.05) is 39.5 Å². The second kappa shape index (κ2) is 7.81. The van der Waals surface area contributed by atoms with Gasteiger partial charge in [0.25, 0.3) is 0 Å². The third kappa shape index (κ3) is 4.72. The van der Waals surface area contributed by atoms with Gasteiger partial charge in [0.1, 0.15) is 6.04 Å². The summed E-state index contributed by atoms with van der Waals surface area (Å²) >= 11 is 0. The molecule has 0 bridgehead atoms. The van der Waals surface area contributed by atoms with Crippen molar-refractivity contribution in [3.63, 3.8) is 0 Å². The Morgan fingerprint density at radius 1 is 1.19 bits per heavy atom. The molecule has 0 aromatic heterocycles. The molecule has 1 saturated heterocycles.